The van der Waals surface area contributed by atoms with Gasteiger partial charge in [0.15, 0.2) is 5.78 Å². The van der Waals surface area contributed by atoms with Crippen LogP contribution in [0.15, 0.2) is 66.7 Å². The first kappa shape index (κ1) is 20.0. The van der Waals surface area contributed by atoms with E-state index >= 15 is 0 Å². The summed E-state index contributed by atoms with van der Waals surface area (Å²) in [5.41, 5.74) is 0.624. The minimum Gasteiger partial charge on any atom is -0.292 e. The lowest BCUT2D eigenvalue weighted by atomic mass is 9.85. The molecule has 0 unspecified atom stereocenters. The quantitative estimate of drug-likeness (QED) is 0.419. The average Bonchev–Trinajstić information content (AvgIpc) is 3.03. The molecule has 2 atom stereocenters. The van der Waals surface area contributed by atoms with Gasteiger partial charge < -0.3 is 0 Å². The van der Waals surface area contributed by atoms with Crippen LogP contribution in [0.25, 0.3) is 0 Å². The third-order valence-corrected chi connectivity index (χ3v) is 5.69. The molecule has 0 radical (unpaired) electrons. The number of nitrogens with zero attached hydrogens (tertiary/aromatic N) is 2. The van der Waals surface area contributed by atoms with Gasteiger partial charge in [0.05, 0.1) is 11.8 Å². The summed E-state index contributed by atoms with van der Waals surface area (Å²) in [5, 5.41) is 2.30. The first-order valence-electron chi connectivity index (χ1n) is 9.66. The highest BCUT2D eigenvalue weighted by Gasteiger charge is 2.51. The van der Waals surface area contributed by atoms with E-state index in [1.54, 1.807) is 42.5 Å². The number of fused-ring (bicyclic) bond motifs is 1. The van der Waals surface area contributed by atoms with E-state index in [1.165, 1.54) is 12.1 Å². The lowest BCUT2D eigenvalue weighted by molar-refractivity contribution is -0.154. The van der Waals surface area contributed by atoms with Crippen LogP contribution in [0.2, 0.25) is 5.02 Å². The van der Waals surface area contributed by atoms with Crippen LogP contribution < -0.4 is 0 Å². The van der Waals surface area contributed by atoms with Gasteiger partial charge in [-0.05, 0) is 37.1 Å². The van der Waals surface area contributed by atoms with Gasteiger partial charge in [-0.1, -0.05) is 54.1 Å². The van der Waals surface area contributed by atoms with Gasteiger partial charge in [-0.25, -0.2) is 5.01 Å². The minimum absolute atomic E-state index is 0.230. The van der Waals surface area contributed by atoms with Crippen LogP contribution in [0, 0.1) is 11.8 Å². The Morgan fingerprint density at radius 1 is 0.867 bits per heavy atom. The SMILES string of the molecule is O=C(CN(C(=O)c1ccc(Cl)cc1)N1C(=O)[C@@H]2CC=CC[C@H]2C1=O)c1ccccc1. The Morgan fingerprint density at radius 2 is 1.43 bits per heavy atom. The van der Waals surface area contributed by atoms with E-state index in [1.807, 2.05) is 12.2 Å². The molecule has 3 amide bonds. The Kier molecular flexibility index (Phi) is 5.50. The number of allylic oxidation sites excluding steroid dienone is 2. The van der Waals surface area contributed by atoms with Gasteiger partial charge in [-0.15, -0.1) is 0 Å². The third-order valence-electron chi connectivity index (χ3n) is 5.44. The van der Waals surface area contributed by atoms with Gasteiger partial charge in [0.1, 0.15) is 6.54 Å². The molecule has 0 spiro atoms. The van der Waals surface area contributed by atoms with Crippen molar-refractivity contribution in [3.63, 3.8) is 0 Å². The molecule has 1 heterocycles. The number of hydrogen-bond acceptors (Lipinski definition) is 4. The van der Waals surface area contributed by atoms with Crippen LogP contribution in [0.3, 0.4) is 0 Å². The molecule has 0 saturated carbocycles. The van der Waals surface area contributed by atoms with Crippen molar-refractivity contribution in [3.8, 4) is 0 Å². The maximum Gasteiger partial charge on any atom is 0.273 e. The maximum atomic E-state index is 13.3. The van der Waals surface area contributed by atoms with Crippen molar-refractivity contribution in [1.82, 2.24) is 10.0 Å². The standard InChI is InChI=1S/C23H19ClN2O4/c24-17-12-10-16(11-13-17)21(28)25(14-20(27)15-6-2-1-3-7-15)26-22(29)18-8-4-5-9-19(18)23(26)30/h1-7,10-13,18-19H,8-9,14H2/t18-,19-/m1/s1. The zero-order chi connectivity index (χ0) is 21.3. The molecule has 6 nitrogen and oxygen atoms in total. The number of ketones is 1. The Bertz CT molecular complexity index is 1010. The molecule has 1 aliphatic carbocycles. The summed E-state index contributed by atoms with van der Waals surface area (Å²) in [7, 11) is 0. The molecule has 7 heteroatoms. The topological polar surface area (TPSA) is 74.8 Å². The highest BCUT2D eigenvalue weighted by Crippen LogP contribution is 2.36. The molecule has 1 aliphatic heterocycles. The van der Waals surface area contributed by atoms with Gasteiger partial charge in [-0.2, -0.15) is 5.01 Å². The fourth-order valence-corrected chi connectivity index (χ4v) is 3.97. The second-order valence-electron chi connectivity index (χ2n) is 7.30. The first-order valence-corrected chi connectivity index (χ1v) is 10.0. The Labute approximate surface area is 178 Å². The second kappa shape index (κ2) is 8.24. The summed E-state index contributed by atoms with van der Waals surface area (Å²) in [6.07, 6.45) is 4.63. The number of halogens is 1. The van der Waals surface area contributed by atoms with Gasteiger partial charge in [0.2, 0.25) is 0 Å². The van der Waals surface area contributed by atoms with Gasteiger partial charge in [0.25, 0.3) is 17.7 Å². The van der Waals surface area contributed by atoms with E-state index in [4.69, 9.17) is 11.6 Å². The molecule has 2 aliphatic rings. The Morgan fingerprint density at radius 3 is 2.00 bits per heavy atom. The third kappa shape index (κ3) is 3.66. The van der Waals surface area contributed by atoms with E-state index in [-0.39, 0.29) is 11.3 Å². The molecular weight excluding hydrogens is 404 g/mol. The minimum atomic E-state index is -0.607. The van der Waals surface area contributed by atoms with Crippen molar-refractivity contribution in [2.45, 2.75) is 12.8 Å². The van der Waals surface area contributed by atoms with Crippen LogP contribution in [-0.2, 0) is 9.59 Å². The van der Waals surface area contributed by atoms with Crippen molar-refractivity contribution >= 4 is 35.1 Å². The molecular formula is C23H19ClN2O4. The molecule has 4 rings (SSSR count). The molecule has 2 aromatic carbocycles. The lowest BCUT2D eigenvalue weighted by Crippen LogP contribution is -2.52. The Hall–Kier alpha value is -3.25. The number of rotatable bonds is 5. The zero-order valence-electron chi connectivity index (χ0n) is 16.0. The monoisotopic (exact) mass is 422 g/mol. The number of benzene rings is 2. The zero-order valence-corrected chi connectivity index (χ0v) is 16.8. The predicted molar refractivity (Wildman–Crippen MR) is 110 cm³/mol. The van der Waals surface area contributed by atoms with Crippen LogP contribution >= 0.6 is 11.6 Å². The summed E-state index contributed by atoms with van der Waals surface area (Å²) in [4.78, 5) is 52.2. The number of imide groups is 1. The Balaban J connectivity index is 1.69. The second-order valence-corrected chi connectivity index (χ2v) is 7.74. The highest BCUT2D eigenvalue weighted by molar-refractivity contribution is 6.30. The van der Waals surface area contributed by atoms with Crippen LogP contribution in [0.4, 0.5) is 0 Å². The molecule has 1 saturated heterocycles. The predicted octanol–water partition coefficient (Wildman–Crippen LogP) is 3.53. The van der Waals surface area contributed by atoms with Crippen molar-refractivity contribution in [2.75, 3.05) is 6.54 Å². The first-order chi connectivity index (χ1) is 14.5. The summed E-state index contributed by atoms with van der Waals surface area (Å²) < 4.78 is 0. The number of hydrazine groups is 1. The maximum absolute atomic E-state index is 13.3. The molecule has 0 bridgehead atoms. The molecule has 30 heavy (non-hydrogen) atoms. The van der Waals surface area contributed by atoms with E-state index in [9.17, 15) is 19.2 Å². The molecule has 152 valence electrons. The smallest absolute Gasteiger partial charge is 0.273 e. The van der Waals surface area contributed by atoms with E-state index in [0.29, 0.717) is 23.4 Å². The van der Waals surface area contributed by atoms with Gasteiger partial charge >= 0.3 is 0 Å². The number of Topliss-reactive ketones (excluding diaryl/α,β-unsaturated/α-hetero) is 1. The molecule has 2 aromatic rings. The summed E-state index contributed by atoms with van der Waals surface area (Å²) >= 11 is 5.91. The average molecular weight is 423 g/mol. The molecule has 1 fully saturated rings. The number of carbonyl (C=O) groups is 4. The van der Waals surface area contributed by atoms with E-state index in [2.05, 4.69) is 0 Å². The number of hydrogen-bond donors (Lipinski definition) is 0. The van der Waals surface area contributed by atoms with Crippen LogP contribution in [-0.4, -0.2) is 40.1 Å². The fourth-order valence-electron chi connectivity index (χ4n) is 3.85. The largest absolute Gasteiger partial charge is 0.292 e. The lowest BCUT2D eigenvalue weighted by Gasteiger charge is -2.30. The van der Waals surface area contributed by atoms with Crippen LogP contribution in [0.1, 0.15) is 33.6 Å². The summed E-state index contributed by atoms with van der Waals surface area (Å²) in [6.45, 7) is -0.421. The van der Waals surface area contributed by atoms with Gasteiger partial charge in [-0.3, -0.25) is 19.2 Å². The van der Waals surface area contributed by atoms with E-state index < -0.39 is 36.1 Å². The molecule has 0 N–H and O–H groups in total. The summed E-state index contributed by atoms with van der Waals surface area (Å²) in [6, 6.07) is 14.6. The van der Waals surface area contributed by atoms with Crippen molar-refractivity contribution in [2.24, 2.45) is 11.8 Å². The summed E-state index contributed by atoms with van der Waals surface area (Å²) in [5.74, 6) is -2.88. The molecule has 0 aromatic heterocycles. The van der Waals surface area contributed by atoms with Crippen molar-refractivity contribution < 1.29 is 19.2 Å². The normalized spacial score (nSPS) is 20.2. The number of amides is 3. The van der Waals surface area contributed by atoms with Gasteiger partial charge in [0, 0.05) is 16.1 Å². The number of carbonyl (C=O) groups excluding carboxylic acids is 4. The fraction of sp³-hybridized carbons (Fsp3) is 0.217. The van der Waals surface area contributed by atoms with E-state index in [0.717, 1.165) is 10.0 Å². The van der Waals surface area contributed by atoms with Crippen LogP contribution in [0.5, 0.6) is 0 Å². The highest BCUT2D eigenvalue weighted by atomic mass is 35.5. The van der Waals surface area contributed by atoms with Crippen molar-refractivity contribution in [1.29, 1.82) is 0 Å². The van der Waals surface area contributed by atoms with Crippen molar-refractivity contribution in [3.05, 3.63) is 82.9 Å².